The highest BCUT2D eigenvalue weighted by Crippen LogP contribution is 2.47. The van der Waals surface area contributed by atoms with Crippen LogP contribution in [0.4, 0.5) is 0 Å². The average molecular weight is 383 g/mol. The Bertz CT molecular complexity index is 696. The van der Waals surface area contributed by atoms with Crippen molar-refractivity contribution < 1.29 is 19.1 Å². The van der Waals surface area contributed by atoms with Crippen molar-refractivity contribution in [3.8, 4) is 0 Å². The number of thioether (sulfide) groups is 1. The molecule has 1 N–H and O–H groups in total. The van der Waals surface area contributed by atoms with Gasteiger partial charge in [0.25, 0.3) is 5.91 Å². The van der Waals surface area contributed by atoms with Gasteiger partial charge in [-0.1, -0.05) is 23.7 Å². The van der Waals surface area contributed by atoms with E-state index in [-0.39, 0.29) is 23.3 Å². The monoisotopic (exact) mass is 382 g/mol. The van der Waals surface area contributed by atoms with Gasteiger partial charge < -0.3 is 15.0 Å². The molecule has 2 amide bonds. The molecule has 25 heavy (non-hydrogen) atoms. The predicted octanol–water partition coefficient (Wildman–Crippen LogP) is 1.95. The van der Waals surface area contributed by atoms with Crippen LogP contribution in [0, 0.1) is 0 Å². The van der Waals surface area contributed by atoms with Crippen LogP contribution in [0.3, 0.4) is 0 Å². The van der Waals surface area contributed by atoms with Crippen LogP contribution in [0.25, 0.3) is 0 Å². The molecule has 3 rings (SSSR count). The first-order valence-electron chi connectivity index (χ1n) is 8.03. The van der Waals surface area contributed by atoms with Crippen LogP contribution < -0.4 is 5.32 Å². The summed E-state index contributed by atoms with van der Waals surface area (Å²) in [6.07, 6.45) is 1.19. The zero-order valence-corrected chi connectivity index (χ0v) is 15.4. The molecule has 1 aromatic carbocycles. The van der Waals surface area contributed by atoms with Crippen molar-refractivity contribution in [2.24, 2.45) is 0 Å². The Balaban J connectivity index is 1.46. The van der Waals surface area contributed by atoms with Gasteiger partial charge in [-0.05, 0) is 31.0 Å². The fourth-order valence-corrected chi connectivity index (χ4v) is 4.62. The zero-order valence-electron chi connectivity index (χ0n) is 13.8. The number of ether oxygens (including phenoxy) is 1. The number of benzene rings is 1. The molecular weight excluding hydrogens is 364 g/mol. The van der Waals surface area contributed by atoms with Crippen molar-refractivity contribution in [2.45, 2.75) is 37.2 Å². The lowest BCUT2D eigenvalue weighted by Crippen LogP contribution is -2.47. The lowest BCUT2D eigenvalue weighted by molar-refractivity contribution is -0.156. The van der Waals surface area contributed by atoms with Crippen molar-refractivity contribution in [1.82, 2.24) is 10.2 Å². The predicted molar refractivity (Wildman–Crippen MR) is 95.0 cm³/mol. The van der Waals surface area contributed by atoms with E-state index >= 15 is 0 Å². The van der Waals surface area contributed by atoms with Crippen LogP contribution in [0.5, 0.6) is 0 Å². The highest BCUT2D eigenvalue weighted by atomic mass is 35.5. The number of hydrogen-bond acceptors (Lipinski definition) is 5. The van der Waals surface area contributed by atoms with E-state index in [9.17, 15) is 14.4 Å². The van der Waals surface area contributed by atoms with E-state index in [1.807, 2.05) is 19.1 Å². The molecule has 2 heterocycles. The Kier molecular flexibility index (Phi) is 5.24. The van der Waals surface area contributed by atoms with Gasteiger partial charge in [0.2, 0.25) is 5.91 Å². The first-order chi connectivity index (χ1) is 11.9. The zero-order chi connectivity index (χ0) is 18.0. The van der Waals surface area contributed by atoms with Crippen molar-refractivity contribution in [3.63, 3.8) is 0 Å². The maximum Gasteiger partial charge on any atom is 0.330 e. The third kappa shape index (κ3) is 3.93. The van der Waals surface area contributed by atoms with E-state index in [1.54, 1.807) is 28.8 Å². The summed E-state index contributed by atoms with van der Waals surface area (Å²) in [5, 5.41) is 3.31. The van der Waals surface area contributed by atoms with E-state index in [0.29, 0.717) is 23.7 Å². The van der Waals surface area contributed by atoms with Gasteiger partial charge in [-0.25, -0.2) is 4.79 Å². The van der Waals surface area contributed by atoms with Crippen LogP contribution >= 0.6 is 23.4 Å². The normalized spacial score (nSPS) is 25.0. The summed E-state index contributed by atoms with van der Waals surface area (Å²) in [6.45, 7) is 1.94. The summed E-state index contributed by atoms with van der Waals surface area (Å²) in [6, 6.07) is 6.50. The summed E-state index contributed by atoms with van der Waals surface area (Å²) >= 11 is 7.40. The molecule has 6 nitrogen and oxygen atoms in total. The second-order valence-electron chi connectivity index (χ2n) is 6.28. The number of halogens is 1. The Morgan fingerprint density at radius 3 is 2.84 bits per heavy atom. The summed E-state index contributed by atoms with van der Waals surface area (Å²) in [5.74, 6) is -0.424. The minimum Gasteiger partial charge on any atom is -0.454 e. The molecule has 2 saturated heterocycles. The minimum absolute atomic E-state index is 0.0263. The number of esters is 1. The molecule has 2 atom stereocenters. The van der Waals surface area contributed by atoms with Crippen LogP contribution in [0.2, 0.25) is 5.02 Å². The summed E-state index contributed by atoms with van der Waals surface area (Å²) < 4.78 is 5.12. The van der Waals surface area contributed by atoms with Gasteiger partial charge in [0.05, 0.1) is 4.87 Å². The van der Waals surface area contributed by atoms with E-state index < -0.39 is 12.0 Å². The SMILES string of the molecule is C[C@]12CCC(=O)N1[C@@H](C(=O)OCC(=O)NCc1ccc(Cl)cc1)CS2. The minimum atomic E-state index is -0.603. The lowest BCUT2D eigenvalue weighted by atomic mass is 10.2. The maximum absolute atomic E-state index is 12.3. The Morgan fingerprint density at radius 2 is 2.12 bits per heavy atom. The highest BCUT2D eigenvalue weighted by molar-refractivity contribution is 8.01. The molecule has 0 unspecified atom stereocenters. The molecule has 8 heteroatoms. The first-order valence-corrected chi connectivity index (χ1v) is 9.39. The summed E-state index contributed by atoms with van der Waals surface area (Å²) in [7, 11) is 0. The third-order valence-corrected chi connectivity index (χ3v) is 6.22. The van der Waals surface area contributed by atoms with Gasteiger partial charge in [0, 0.05) is 23.7 Å². The molecule has 134 valence electrons. The second kappa shape index (κ2) is 7.25. The number of amides is 2. The first kappa shape index (κ1) is 18.1. The molecule has 0 aliphatic carbocycles. The fraction of sp³-hybridized carbons (Fsp3) is 0.471. The van der Waals surface area contributed by atoms with E-state index in [4.69, 9.17) is 16.3 Å². The Labute approximate surface area is 155 Å². The summed E-state index contributed by atoms with van der Waals surface area (Å²) in [5.41, 5.74) is 0.898. The standard InChI is InChI=1S/C17H19ClN2O4S/c1-17-7-6-15(22)20(17)13(10-25-17)16(23)24-9-14(21)19-8-11-2-4-12(18)5-3-11/h2-5,13H,6-10H2,1H3,(H,19,21)/t13-,17+/m1/s1. The molecule has 0 spiro atoms. The lowest BCUT2D eigenvalue weighted by Gasteiger charge is -2.29. The molecule has 2 fully saturated rings. The van der Waals surface area contributed by atoms with E-state index in [1.165, 1.54) is 0 Å². The topological polar surface area (TPSA) is 75.7 Å². The average Bonchev–Trinajstić information content (AvgIpc) is 3.08. The molecule has 0 saturated carbocycles. The number of nitrogens with zero attached hydrogens (tertiary/aromatic N) is 1. The van der Waals surface area contributed by atoms with E-state index in [2.05, 4.69) is 5.32 Å². The number of carbonyl (C=O) groups is 3. The molecule has 0 bridgehead atoms. The fourth-order valence-electron chi connectivity index (χ4n) is 3.08. The Morgan fingerprint density at radius 1 is 1.40 bits per heavy atom. The van der Waals surface area contributed by atoms with Gasteiger partial charge >= 0.3 is 5.97 Å². The van der Waals surface area contributed by atoms with Crippen LogP contribution in [-0.2, 0) is 25.7 Å². The van der Waals surface area contributed by atoms with Crippen molar-refractivity contribution in [2.75, 3.05) is 12.4 Å². The van der Waals surface area contributed by atoms with Gasteiger partial charge in [0.1, 0.15) is 6.04 Å². The smallest absolute Gasteiger partial charge is 0.330 e. The third-order valence-electron chi connectivity index (χ3n) is 4.47. The maximum atomic E-state index is 12.3. The van der Waals surface area contributed by atoms with Gasteiger partial charge in [-0.3, -0.25) is 9.59 Å². The summed E-state index contributed by atoms with van der Waals surface area (Å²) in [4.78, 5) is 37.4. The van der Waals surface area contributed by atoms with Gasteiger partial charge in [0.15, 0.2) is 6.61 Å². The van der Waals surface area contributed by atoms with E-state index in [0.717, 1.165) is 12.0 Å². The molecule has 0 radical (unpaired) electrons. The van der Waals surface area contributed by atoms with Crippen molar-refractivity contribution in [3.05, 3.63) is 34.9 Å². The number of fused-ring (bicyclic) bond motifs is 1. The number of carbonyl (C=O) groups excluding carboxylic acids is 3. The largest absolute Gasteiger partial charge is 0.454 e. The molecule has 0 aromatic heterocycles. The Hall–Kier alpha value is -1.73. The second-order valence-corrected chi connectivity index (χ2v) is 8.21. The van der Waals surface area contributed by atoms with Gasteiger partial charge in [-0.15, -0.1) is 11.8 Å². The number of nitrogens with one attached hydrogen (secondary N) is 1. The van der Waals surface area contributed by atoms with Gasteiger partial charge in [-0.2, -0.15) is 0 Å². The van der Waals surface area contributed by atoms with Crippen LogP contribution in [0.15, 0.2) is 24.3 Å². The molecular formula is C17H19ClN2O4S. The quantitative estimate of drug-likeness (QED) is 0.788. The number of hydrogen-bond donors (Lipinski definition) is 1. The molecule has 2 aliphatic heterocycles. The van der Waals surface area contributed by atoms with Crippen molar-refractivity contribution >= 4 is 41.1 Å². The molecule has 1 aromatic rings. The highest BCUT2D eigenvalue weighted by Gasteiger charge is 2.53. The van der Waals surface area contributed by atoms with Crippen LogP contribution in [0.1, 0.15) is 25.3 Å². The van der Waals surface area contributed by atoms with Crippen LogP contribution in [-0.4, -0.2) is 46.0 Å². The van der Waals surface area contributed by atoms with Crippen molar-refractivity contribution in [1.29, 1.82) is 0 Å². The molecule has 2 aliphatic rings. The number of rotatable bonds is 5.